The molecule has 9 nitrogen and oxygen atoms in total. The van der Waals surface area contributed by atoms with Crippen LogP contribution in [0.2, 0.25) is 0 Å². The van der Waals surface area contributed by atoms with Gasteiger partial charge in [0.25, 0.3) is 5.91 Å². The average Bonchev–Trinajstić information content (AvgIpc) is 2.46. The minimum atomic E-state index is -1.09. The van der Waals surface area contributed by atoms with E-state index in [-0.39, 0.29) is 18.0 Å². The van der Waals surface area contributed by atoms with Gasteiger partial charge in [0.1, 0.15) is 0 Å². The number of nitrogens with two attached hydrogens (primary N) is 1. The van der Waals surface area contributed by atoms with E-state index >= 15 is 0 Å². The molecule has 1 aromatic rings. The van der Waals surface area contributed by atoms with Crippen molar-refractivity contribution in [3.05, 3.63) is 33.9 Å². The predicted molar refractivity (Wildman–Crippen MR) is 73.7 cm³/mol. The number of nitrogens with zero attached hydrogens (tertiary/aromatic N) is 1. The van der Waals surface area contributed by atoms with E-state index in [0.29, 0.717) is 5.56 Å². The lowest BCUT2D eigenvalue weighted by Gasteiger charge is -2.14. The summed E-state index contributed by atoms with van der Waals surface area (Å²) >= 11 is 0. The van der Waals surface area contributed by atoms with Gasteiger partial charge in [-0.05, 0) is 18.6 Å². The number of rotatable bonds is 5. The van der Waals surface area contributed by atoms with E-state index in [0.717, 1.165) is 0 Å². The van der Waals surface area contributed by atoms with Crippen molar-refractivity contribution in [2.24, 2.45) is 5.73 Å². The highest BCUT2D eigenvalue weighted by Crippen LogP contribution is 2.28. The lowest BCUT2D eigenvalue weighted by atomic mass is 10.2. The zero-order valence-corrected chi connectivity index (χ0v) is 11.6. The third-order valence-corrected chi connectivity index (χ3v) is 2.59. The van der Waals surface area contributed by atoms with E-state index in [1.54, 1.807) is 0 Å². The molecule has 1 atom stereocenters. The molecule has 1 aromatic carbocycles. The number of carbonyl (C=O) groups excluding carboxylic acids is 2. The lowest BCUT2D eigenvalue weighted by molar-refractivity contribution is -0.386. The van der Waals surface area contributed by atoms with Gasteiger partial charge >= 0.3 is 11.7 Å². The fourth-order valence-electron chi connectivity index (χ4n) is 1.45. The molecule has 0 fully saturated rings. The van der Waals surface area contributed by atoms with Gasteiger partial charge in [0.15, 0.2) is 11.9 Å². The van der Waals surface area contributed by atoms with Crippen LogP contribution in [0.15, 0.2) is 18.2 Å². The molecule has 21 heavy (non-hydrogen) atoms. The van der Waals surface area contributed by atoms with Crippen LogP contribution in [0, 0.1) is 10.1 Å². The van der Waals surface area contributed by atoms with Gasteiger partial charge in [-0.3, -0.25) is 20.2 Å². The maximum atomic E-state index is 11.7. The molecule has 0 aliphatic heterocycles. The highest BCUT2D eigenvalue weighted by Gasteiger charge is 2.22. The highest BCUT2D eigenvalue weighted by molar-refractivity contribution is 5.96. The Kier molecular flexibility index (Phi) is 5.61. The summed E-state index contributed by atoms with van der Waals surface area (Å²) < 4.78 is 5.27. The Bertz CT molecular complexity index is 561. The van der Waals surface area contributed by atoms with Crippen LogP contribution in [0.25, 0.3) is 0 Å². The fourth-order valence-corrected chi connectivity index (χ4v) is 1.45. The number of ether oxygens (including phenoxy) is 1. The third-order valence-electron chi connectivity index (χ3n) is 2.59. The number of imide groups is 1. The summed E-state index contributed by atoms with van der Waals surface area (Å²) in [6, 6.07) is 3.45. The topological polar surface area (TPSA) is 137 Å². The molecule has 0 spiro atoms. The first-order chi connectivity index (χ1) is 9.88. The normalized spacial score (nSPS) is 11.4. The van der Waals surface area contributed by atoms with E-state index in [9.17, 15) is 19.7 Å². The van der Waals surface area contributed by atoms with Gasteiger partial charge in [-0.25, -0.2) is 4.79 Å². The van der Waals surface area contributed by atoms with Crippen LogP contribution in [-0.2, 0) is 11.3 Å². The second-order valence-electron chi connectivity index (χ2n) is 4.09. The summed E-state index contributed by atoms with van der Waals surface area (Å²) in [4.78, 5) is 33.0. The van der Waals surface area contributed by atoms with E-state index in [1.165, 1.54) is 32.2 Å². The van der Waals surface area contributed by atoms with Crippen LogP contribution >= 0.6 is 0 Å². The summed E-state index contributed by atoms with van der Waals surface area (Å²) in [7, 11) is 1.35. The largest absolute Gasteiger partial charge is 0.474 e. The van der Waals surface area contributed by atoms with E-state index in [2.05, 4.69) is 5.32 Å². The predicted octanol–water partition coefficient (Wildman–Crippen LogP) is 0.276. The van der Waals surface area contributed by atoms with Crippen molar-refractivity contribution in [1.29, 1.82) is 0 Å². The molecule has 0 saturated carbocycles. The van der Waals surface area contributed by atoms with Gasteiger partial charge in [-0.2, -0.15) is 0 Å². The standard InChI is InChI=1S/C12H16N4O5/c1-7(11(17)15-12(18)14-2)21-10-5-8(6-13)3-4-9(10)16(19)20/h3-5,7H,6,13H2,1-2H3,(H2,14,15,17,18). The van der Waals surface area contributed by atoms with Gasteiger partial charge in [0.05, 0.1) is 4.92 Å². The lowest BCUT2D eigenvalue weighted by Crippen LogP contribution is -2.44. The number of carbonyl (C=O) groups is 2. The van der Waals surface area contributed by atoms with Crippen molar-refractivity contribution in [3.63, 3.8) is 0 Å². The number of hydrogen-bond acceptors (Lipinski definition) is 6. The molecular weight excluding hydrogens is 280 g/mol. The molecule has 1 rings (SSSR count). The molecule has 3 amide bonds. The monoisotopic (exact) mass is 296 g/mol. The number of nitro benzene ring substituents is 1. The first kappa shape index (κ1) is 16.4. The Hall–Kier alpha value is -2.68. The number of nitrogens with one attached hydrogen (secondary N) is 2. The van der Waals surface area contributed by atoms with Crippen molar-refractivity contribution in [1.82, 2.24) is 10.6 Å². The highest BCUT2D eigenvalue weighted by atomic mass is 16.6. The van der Waals surface area contributed by atoms with Gasteiger partial charge in [-0.15, -0.1) is 0 Å². The van der Waals surface area contributed by atoms with E-state index < -0.39 is 23.0 Å². The first-order valence-electron chi connectivity index (χ1n) is 6.05. The smallest absolute Gasteiger partial charge is 0.321 e. The molecule has 0 aromatic heterocycles. The summed E-state index contributed by atoms with van der Waals surface area (Å²) in [5.41, 5.74) is 5.80. The van der Waals surface area contributed by atoms with Crippen LogP contribution in [0.1, 0.15) is 12.5 Å². The maximum Gasteiger partial charge on any atom is 0.321 e. The quantitative estimate of drug-likeness (QED) is 0.527. The first-order valence-corrected chi connectivity index (χ1v) is 6.05. The minimum absolute atomic E-state index is 0.0810. The number of urea groups is 1. The van der Waals surface area contributed by atoms with Crippen molar-refractivity contribution in [2.45, 2.75) is 19.6 Å². The number of hydrogen-bond donors (Lipinski definition) is 3. The molecule has 4 N–H and O–H groups in total. The van der Waals surface area contributed by atoms with Crippen LogP contribution in [0.5, 0.6) is 5.75 Å². The van der Waals surface area contributed by atoms with Crippen LogP contribution in [0.3, 0.4) is 0 Å². The van der Waals surface area contributed by atoms with Gasteiger partial charge in [-0.1, -0.05) is 6.07 Å². The Morgan fingerprint density at radius 3 is 2.67 bits per heavy atom. The molecule has 114 valence electrons. The van der Waals surface area contributed by atoms with Gasteiger partial charge in [0.2, 0.25) is 0 Å². The molecule has 1 unspecified atom stereocenters. The molecule has 0 aliphatic carbocycles. The second-order valence-corrected chi connectivity index (χ2v) is 4.09. The van der Waals surface area contributed by atoms with Crippen molar-refractivity contribution < 1.29 is 19.2 Å². The van der Waals surface area contributed by atoms with Crippen molar-refractivity contribution in [2.75, 3.05) is 7.05 Å². The molecular formula is C12H16N4O5. The average molecular weight is 296 g/mol. The summed E-state index contributed by atoms with van der Waals surface area (Å²) in [5.74, 6) is -0.802. The number of amides is 3. The molecule has 0 heterocycles. The third kappa shape index (κ3) is 4.42. The molecule has 0 saturated heterocycles. The van der Waals surface area contributed by atoms with Crippen molar-refractivity contribution in [3.8, 4) is 5.75 Å². The number of nitro groups is 1. The zero-order chi connectivity index (χ0) is 16.0. The van der Waals surface area contributed by atoms with Crippen molar-refractivity contribution >= 4 is 17.6 Å². The van der Waals surface area contributed by atoms with Gasteiger partial charge < -0.3 is 15.8 Å². The summed E-state index contributed by atoms with van der Waals surface area (Å²) in [6.07, 6.45) is -1.09. The second kappa shape index (κ2) is 7.20. The van der Waals surface area contributed by atoms with Crippen LogP contribution < -0.4 is 21.1 Å². The van der Waals surface area contributed by atoms with Crippen LogP contribution in [-0.4, -0.2) is 30.0 Å². The maximum absolute atomic E-state index is 11.7. The van der Waals surface area contributed by atoms with E-state index in [1.807, 2.05) is 5.32 Å². The fraction of sp³-hybridized carbons (Fsp3) is 0.333. The molecule has 0 aliphatic rings. The minimum Gasteiger partial charge on any atom is -0.474 e. The summed E-state index contributed by atoms with van der Waals surface area (Å²) in [6.45, 7) is 1.55. The molecule has 9 heteroatoms. The molecule has 0 radical (unpaired) electrons. The zero-order valence-electron chi connectivity index (χ0n) is 11.6. The molecule has 0 bridgehead atoms. The Morgan fingerprint density at radius 1 is 1.48 bits per heavy atom. The summed E-state index contributed by atoms with van der Waals surface area (Å²) in [5, 5.41) is 15.2. The number of benzene rings is 1. The van der Waals surface area contributed by atoms with Crippen LogP contribution in [0.4, 0.5) is 10.5 Å². The Labute approximate surface area is 120 Å². The Morgan fingerprint density at radius 2 is 2.14 bits per heavy atom. The Balaban J connectivity index is 2.92. The SMILES string of the molecule is CNC(=O)NC(=O)C(C)Oc1cc(CN)ccc1[N+](=O)[O-]. The van der Waals surface area contributed by atoms with E-state index in [4.69, 9.17) is 10.5 Å². The van der Waals surface area contributed by atoms with Gasteiger partial charge in [0, 0.05) is 19.7 Å².